The molecule has 0 bridgehead atoms. The fourth-order valence-electron chi connectivity index (χ4n) is 3.22. The summed E-state index contributed by atoms with van der Waals surface area (Å²) in [5.74, 6) is 3.62. The van der Waals surface area contributed by atoms with E-state index in [1.807, 2.05) is 0 Å². The lowest BCUT2D eigenvalue weighted by atomic mass is 10.1. The lowest BCUT2D eigenvalue weighted by Gasteiger charge is -2.36. The minimum atomic E-state index is 0.580. The van der Waals surface area contributed by atoms with Crippen molar-refractivity contribution in [2.45, 2.75) is 32.9 Å². The van der Waals surface area contributed by atoms with Gasteiger partial charge < -0.3 is 15.0 Å². The van der Waals surface area contributed by atoms with Crippen LogP contribution in [0.4, 0.5) is 0 Å². The van der Waals surface area contributed by atoms with Gasteiger partial charge in [-0.05, 0) is 18.8 Å². The number of aliphatic imine (C=N–C) groups is 1. The number of morpholine rings is 1. The average molecular weight is 357 g/mol. The lowest BCUT2D eigenvalue weighted by Crippen LogP contribution is -2.49. The van der Waals surface area contributed by atoms with Gasteiger partial charge in [0.25, 0.3) is 0 Å². The molecule has 0 radical (unpaired) electrons. The molecular weight excluding hydrogens is 320 g/mol. The Balaban J connectivity index is 1.86. The SMILES string of the molecule is CCNC(=NCC(C)CN1CCOCC1)N1CCSC(C(C)C)C1. The van der Waals surface area contributed by atoms with Gasteiger partial charge in [0.05, 0.1) is 13.2 Å². The average Bonchev–Trinajstić information content (AvgIpc) is 2.59. The molecule has 140 valence electrons. The summed E-state index contributed by atoms with van der Waals surface area (Å²) >= 11 is 2.12. The molecule has 5 nitrogen and oxygen atoms in total. The number of hydrogen-bond acceptors (Lipinski definition) is 4. The summed E-state index contributed by atoms with van der Waals surface area (Å²) in [4.78, 5) is 9.93. The summed E-state index contributed by atoms with van der Waals surface area (Å²) in [6.45, 7) is 18.2. The summed E-state index contributed by atoms with van der Waals surface area (Å²) < 4.78 is 5.43. The number of nitrogens with one attached hydrogen (secondary N) is 1. The van der Waals surface area contributed by atoms with Gasteiger partial charge in [-0.15, -0.1) is 0 Å². The first-order valence-electron chi connectivity index (χ1n) is 9.55. The second-order valence-electron chi connectivity index (χ2n) is 7.31. The van der Waals surface area contributed by atoms with E-state index in [9.17, 15) is 0 Å². The zero-order valence-electron chi connectivity index (χ0n) is 16.0. The number of guanidine groups is 1. The molecule has 2 rings (SSSR count). The lowest BCUT2D eigenvalue weighted by molar-refractivity contribution is 0.0323. The number of thioether (sulfide) groups is 1. The third-order valence-corrected chi connectivity index (χ3v) is 6.24. The van der Waals surface area contributed by atoms with Gasteiger partial charge >= 0.3 is 0 Å². The van der Waals surface area contributed by atoms with Gasteiger partial charge in [0.1, 0.15) is 0 Å². The van der Waals surface area contributed by atoms with Gasteiger partial charge in [0, 0.05) is 56.8 Å². The predicted molar refractivity (Wildman–Crippen MR) is 105 cm³/mol. The van der Waals surface area contributed by atoms with Crippen LogP contribution in [0.25, 0.3) is 0 Å². The van der Waals surface area contributed by atoms with E-state index in [-0.39, 0.29) is 0 Å². The normalized spacial score (nSPS) is 25.1. The summed E-state index contributed by atoms with van der Waals surface area (Å²) in [5, 5.41) is 4.22. The highest BCUT2D eigenvalue weighted by atomic mass is 32.2. The monoisotopic (exact) mass is 356 g/mol. The molecule has 2 saturated heterocycles. The van der Waals surface area contributed by atoms with Crippen LogP contribution < -0.4 is 5.32 Å². The van der Waals surface area contributed by atoms with Gasteiger partial charge in [0.15, 0.2) is 5.96 Å². The third kappa shape index (κ3) is 6.45. The second-order valence-corrected chi connectivity index (χ2v) is 8.66. The molecule has 2 aliphatic rings. The molecule has 2 fully saturated rings. The van der Waals surface area contributed by atoms with Crippen molar-refractivity contribution in [3.63, 3.8) is 0 Å². The van der Waals surface area contributed by atoms with Gasteiger partial charge in [0.2, 0.25) is 0 Å². The van der Waals surface area contributed by atoms with Gasteiger partial charge in [-0.3, -0.25) is 9.89 Å². The summed E-state index contributed by atoms with van der Waals surface area (Å²) in [5.41, 5.74) is 0. The Hall–Kier alpha value is -0.460. The van der Waals surface area contributed by atoms with Crippen LogP contribution in [0.1, 0.15) is 27.7 Å². The Bertz CT molecular complexity index is 385. The molecule has 0 aromatic carbocycles. The second kappa shape index (κ2) is 10.5. The van der Waals surface area contributed by atoms with Crippen molar-refractivity contribution in [3.8, 4) is 0 Å². The first-order valence-corrected chi connectivity index (χ1v) is 10.6. The maximum Gasteiger partial charge on any atom is 0.193 e. The van der Waals surface area contributed by atoms with Crippen molar-refractivity contribution >= 4 is 17.7 Å². The highest BCUT2D eigenvalue weighted by molar-refractivity contribution is 8.00. The van der Waals surface area contributed by atoms with Crippen molar-refractivity contribution in [3.05, 3.63) is 0 Å². The highest BCUT2D eigenvalue weighted by Crippen LogP contribution is 2.24. The van der Waals surface area contributed by atoms with Crippen molar-refractivity contribution in [1.29, 1.82) is 0 Å². The molecule has 0 saturated carbocycles. The van der Waals surface area contributed by atoms with Crippen LogP contribution in [-0.2, 0) is 4.74 Å². The van der Waals surface area contributed by atoms with E-state index in [4.69, 9.17) is 9.73 Å². The quantitative estimate of drug-likeness (QED) is 0.582. The minimum absolute atomic E-state index is 0.580. The van der Waals surface area contributed by atoms with Crippen molar-refractivity contribution in [2.75, 3.05) is 64.8 Å². The Morgan fingerprint density at radius 3 is 2.67 bits per heavy atom. The molecule has 0 aromatic heterocycles. The van der Waals surface area contributed by atoms with E-state index in [1.165, 1.54) is 5.75 Å². The van der Waals surface area contributed by atoms with Crippen LogP contribution in [0.3, 0.4) is 0 Å². The Morgan fingerprint density at radius 1 is 1.25 bits per heavy atom. The molecule has 0 spiro atoms. The van der Waals surface area contributed by atoms with Crippen LogP contribution in [0, 0.1) is 11.8 Å². The summed E-state index contributed by atoms with van der Waals surface area (Å²) in [6.07, 6.45) is 0. The van der Waals surface area contributed by atoms with E-state index < -0.39 is 0 Å². The first-order chi connectivity index (χ1) is 11.6. The predicted octanol–water partition coefficient (Wildman–Crippen LogP) is 1.99. The van der Waals surface area contributed by atoms with Gasteiger partial charge in [-0.1, -0.05) is 20.8 Å². The van der Waals surface area contributed by atoms with E-state index in [0.29, 0.717) is 11.2 Å². The standard InChI is InChI=1S/C18H36N4OS/c1-5-19-18(22-8-11-24-17(14-22)15(2)3)20-12-16(4)13-21-6-9-23-10-7-21/h15-17H,5-14H2,1-4H3,(H,19,20). The maximum atomic E-state index is 5.43. The van der Waals surface area contributed by atoms with Crippen molar-refractivity contribution < 1.29 is 4.74 Å². The molecule has 0 aromatic rings. The summed E-state index contributed by atoms with van der Waals surface area (Å²) in [6, 6.07) is 0. The Labute approximate surface area is 152 Å². The maximum absolute atomic E-state index is 5.43. The van der Waals surface area contributed by atoms with Crippen LogP contribution in [-0.4, -0.2) is 85.8 Å². The van der Waals surface area contributed by atoms with E-state index in [0.717, 1.165) is 70.9 Å². The molecule has 6 heteroatoms. The molecule has 2 atom stereocenters. The minimum Gasteiger partial charge on any atom is -0.379 e. The number of hydrogen-bond donors (Lipinski definition) is 1. The fourth-order valence-corrected chi connectivity index (χ4v) is 4.52. The van der Waals surface area contributed by atoms with Crippen LogP contribution in [0.15, 0.2) is 4.99 Å². The van der Waals surface area contributed by atoms with Crippen LogP contribution >= 0.6 is 11.8 Å². The Morgan fingerprint density at radius 2 is 2.00 bits per heavy atom. The number of rotatable bonds is 6. The molecule has 2 aliphatic heterocycles. The zero-order valence-corrected chi connectivity index (χ0v) is 16.8. The highest BCUT2D eigenvalue weighted by Gasteiger charge is 2.25. The third-order valence-electron chi connectivity index (χ3n) is 4.70. The smallest absolute Gasteiger partial charge is 0.193 e. The molecule has 1 N–H and O–H groups in total. The van der Waals surface area contributed by atoms with Crippen LogP contribution in [0.5, 0.6) is 0 Å². The van der Waals surface area contributed by atoms with E-state index in [1.54, 1.807) is 0 Å². The Kier molecular flexibility index (Phi) is 8.70. The molecule has 2 heterocycles. The van der Waals surface area contributed by atoms with Gasteiger partial charge in [-0.25, -0.2) is 0 Å². The molecule has 0 aliphatic carbocycles. The van der Waals surface area contributed by atoms with Crippen molar-refractivity contribution in [1.82, 2.24) is 15.1 Å². The fraction of sp³-hybridized carbons (Fsp3) is 0.944. The first kappa shape index (κ1) is 19.9. The zero-order chi connectivity index (χ0) is 17.4. The molecule has 24 heavy (non-hydrogen) atoms. The number of nitrogens with zero attached hydrogens (tertiary/aromatic N) is 3. The van der Waals surface area contributed by atoms with Gasteiger partial charge in [-0.2, -0.15) is 11.8 Å². The summed E-state index contributed by atoms with van der Waals surface area (Å²) in [7, 11) is 0. The molecule has 2 unspecified atom stereocenters. The molecule has 0 amide bonds. The van der Waals surface area contributed by atoms with E-state index >= 15 is 0 Å². The topological polar surface area (TPSA) is 40.1 Å². The van der Waals surface area contributed by atoms with Crippen molar-refractivity contribution in [2.24, 2.45) is 16.8 Å². The van der Waals surface area contributed by atoms with Crippen LogP contribution in [0.2, 0.25) is 0 Å². The number of ether oxygens (including phenoxy) is 1. The largest absolute Gasteiger partial charge is 0.379 e. The van der Waals surface area contributed by atoms with E-state index in [2.05, 4.69) is 54.6 Å². The molecular formula is C18H36N4OS.